The van der Waals surface area contributed by atoms with Gasteiger partial charge in [0.2, 0.25) is 0 Å². The lowest BCUT2D eigenvalue weighted by molar-refractivity contribution is -0.141. The van der Waals surface area contributed by atoms with Gasteiger partial charge in [-0.3, -0.25) is 0 Å². The number of hydrogen-bond donors (Lipinski definition) is 5. The smallest absolute Gasteiger partial charge is 0.433 e. The van der Waals surface area contributed by atoms with Crippen LogP contribution in [-0.4, -0.2) is 108 Å². The molecule has 98 heavy (non-hydrogen) atoms. The van der Waals surface area contributed by atoms with Crippen molar-refractivity contribution in [3.63, 3.8) is 0 Å². The second kappa shape index (κ2) is 28.1. The predicted octanol–water partition coefficient (Wildman–Crippen LogP) is 15.3. The Morgan fingerprint density at radius 3 is 1.13 bits per heavy atom. The maximum Gasteiger partial charge on any atom is 0.433 e. The van der Waals surface area contributed by atoms with Crippen molar-refractivity contribution in [1.82, 2.24) is 52.7 Å². The fourth-order valence-corrected chi connectivity index (χ4v) is 10.6. The van der Waals surface area contributed by atoms with Gasteiger partial charge < -0.3 is 48.4 Å². The minimum absolute atomic E-state index is 0.149. The highest BCUT2D eigenvalue weighted by Crippen LogP contribution is 2.30. The number of benzene rings is 5. The van der Waals surface area contributed by atoms with Gasteiger partial charge in [0.15, 0.2) is 0 Å². The van der Waals surface area contributed by atoms with E-state index >= 15 is 0 Å². The molecule has 0 saturated heterocycles. The van der Waals surface area contributed by atoms with E-state index < -0.39 is 41.7 Å². The molecular weight excluding hydrogens is 1260 g/mol. The van der Waals surface area contributed by atoms with E-state index in [2.05, 4.69) is 29.9 Å². The minimum atomic E-state index is -4.48. The molecule has 0 radical (unpaired) electrons. The van der Waals surface area contributed by atoms with Crippen molar-refractivity contribution in [2.24, 2.45) is 0 Å². The van der Waals surface area contributed by atoms with Gasteiger partial charge in [0, 0.05) is 82.2 Å². The van der Waals surface area contributed by atoms with E-state index in [4.69, 9.17) is 25.5 Å². The van der Waals surface area contributed by atoms with Crippen molar-refractivity contribution in [1.29, 1.82) is 0 Å². The number of carboxylic acid groups (broad SMARTS) is 5. The van der Waals surface area contributed by atoms with Crippen LogP contribution in [-0.2, 0) is 6.18 Å². The molecule has 24 heteroatoms. The number of pyridine rings is 4. The van der Waals surface area contributed by atoms with Crippen LogP contribution in [0.25, 0.3) is 83.5 Å². The average Bonchev–Trinajstić information content (AvgIpc) is 1.66. The van der Waals surface area contributed by atoms with E-state index in [1.807, 2.05) is 162 Å². The summed E-state index contributed by atoms with van der Waals surface area (Å²) in [7, 11) is 0. The van der Waals surface area contributed by atoms with Crippen LogP contribution in [0.1, 0.15) is 80.1 Å². The number of fused-ring (bicyclic) bond motifs is 5. The molecule has 0 aliphatic carbocycles. The van der Waals surface area contributed by atoms with Gasteiger partial charge in [-0.05, 0) is 209 Å². The molecule has 15 rings (SSSR count). The van der Waals surface area contributed by atoms with Gasteiger partial charge in [0.1, 0.15) is 34.8 Å². The van der Waals surface area contributed by atoms with Crippen molar-refractivity contribution in [2.45, 2.75) is 33.9 Å². The van der Waals surface area contributed by atoms with Gasteiger partial charge in [0.05, 0.1) is 67.3 Å². The molecule has 21 nitrogen and oxygen atoms in total. The molecule has 0 aliphatic rings. The van der Waals surface area contributed by atoms with E-state index in [0.29, 0.717) is 39.1 Å². The molecule has 10 aromatic heterocycles. The molecule has 0 unspecified atom stereocenters. The molecule has 0 saturated carbocycles. The Morgan fingerprint density at radius 1 is 0.347 bits per heavy atom. The molecule has 0 bridgehead atoms. The standard InChI is InChI=1S/C15H9F3N2O2.3C15H12N2O2.C14H11N3O2/c16-15(17,18)13-4-2-11(8-19-13)20-6-5-9-7-10(14(21)22)1-3-12(9)20;1-10-2-5-14(16-9-10)17-7-6-11-8-12(15(18)19)3-4-13(11)17;1-10-4-6-16-14(8-10)17-7-5-11-9-12(15(18)19)2-3-13(11)17;1-10-3-2-4-14(16-10)17-8-7-11-9-12(15(18)19)5-6-13(11)17;1-9-15-6-4-13(16-9)17-7-5-10-8-11(14(18)19)2-3-12(10)17/h1-8H,(H,21,22);3*2-9H,1H3,(H,18,19);2-8H,1H3,(H,18,19). The van der Waals surface area contributed by atoms with Gasteiger partial charge in [-0.2, -0.15) is 13.2 Å². The number of aryl methyl sites for hydroxylation is 4. The van der Waals surface area contributed by atoms with Crippen molar-refractivity contribution in [3.05, 3.63) is 294 Å². The second-order valence-electron chi connectivity index (χ2n) is 22.2. The quantitative estimate of drug-likeness (QED) is 0.0850. The van der Waals surface area contributed by atoms with Crippen LogP contribution in [0.5, 0.6) is 0 Å². The van der Waals surface area contributed by atoms with Crippen molar-refractivity contribution >= 4 is 84.4 Å². The van der Waals surface area contributed by atoms with Crippen LogP contribution in [0.2, 0.25) is 0 Å². The first-order valence-electron chi connectivity index (χ1n) is 29.8. The fourth-order valence-electron chi connectivity index (χ4n) is 10.6. The summed E-state index contributed by atoms with van der Waals surface area (Å²) in [5.41, 5.74) is 8.45. The van der Waals surface area contributed by atoms with Crippen LogP contribution < -0.4 is 0 Å². The largest absolute Gasteiger partial charge is 0.478 e. The van der Waals surface area contributed by atoms with Crippen LogP contribution in [0.15, 0.2) is 238 Å². The lowest BCUT2D eigenvalue weighted by Gasteiger charge is -2.08. The number of rotatable bonds is 10. The van der Waals surface area contributed by atoms with E-state index in [-0.39, 0.29) is 11.1 Å². The highest BCUT2D eigenvalue weighted by atomic mass is 19.4. The molecule has 5 N–H and O–H groups in total. The van der Waals surface area contributed by atoms with Gasteiger partial charge in [-0.25, -0.2) is 53.9 Å². The Labute approximate surface area is 554 Å². The third-order valence-electron chi connectivity index (χ3n) is 15.4. The lowest BCUT2D eigenvalue weighted by Crippen LogP contribution is -2.08. The summed E-state index contributed by atoms with van der Waals surface area (Å²) in [6.45, 7) is 7.78. The maximum absolute atomic E-state index is 12.5. The Bertz CT molecular complexity index is 5200. The molecule has 10 heterocycles. The van der Waals surface area contributed by atoms with Gasteiger partial charge in [0.25, 0.3) is 0 Å². The number of nitrogens with zero attached hydrogens (tertiary/aromatic N) is 11. The molecule has 15 aromatic rings. The number of hydrogen-bond acceptors (Lipinski definition) is 11. The van der Waals surface area contributed by atoms with E-state index in [1.54, 1.807) is 96.0 Å². The molecule has 0 aliphatic heterocycles. The zero-order valence-corrected chi connectivity index (χ0v) is 52.3. The van der Waals surface area contributed by atoms with Crippen molar-refractivity contribution < 1.29 is 62.7 Å². The summed E-state index contributed by atoms with van der Waals surface area (Å²) in [5.74, 6) is -0.750. The lowest BCUT2D eigenvalue weighted by atomic mass is 10.1. The Balaban J connectivity index is 0.000000124. The SMILES string of the molecule is Cc1ccc(-n2ccc3cc(C(=O)O)ccc32)nc1.Cc1cccc(-n2ccc3cc(C(=O)O)ccc32)n1.Cc1ccnc(-n2ccc3cc(C(=O)O)ccc32)c1.Cc1nccc(-n2ccc3cc(C(=O)O)ccc32)n1.O=C(O)c1ccc2c(ccn2-c2ccc(C(F)(F)F)nc2)c1. The van der Waals surface area contributed by atoms with Gasteiger partial charge in [-0.1, -0.05) is 12.1 Å². The monoisotopic (exact) mass is 1320 g/mol. The van der Waals surface area contributed by atoms with Crippen LogP contribution in [0, 0.1) is 27.7 Å². The summed E-state index contributed by atoms with van der Waals surface area (Å²) in [5, 5.41) is 49.1. The summed E-state index contributed by atoms with van der Waals surface area (Å²) in [4.78, 5) is 79.7. The number of halogens is 3. The zero-order valence-electron chi connectivity index (χ0n) is 52.3. The summed E-state index contributed by atoms with van der Waals surface area (Å²) >= 11 is 0. The highest BCUT2D eigenvalue weighted by molar-refractivity contribution is 5.97. The van der Waals surface area contributed by atoms with Crippen LogP contribution >= 0.6 is 0 Å². The van der Waals surface area contributed by atoms with Crippen molar-refractivity contribution in [2.75, 3.05) is 0 Å². The molecular formula is C74H56F3N11O10. The van der Waals surface area contributed by atoms with E-state index in [9.17, 15) is 37.1 Å². The molecule has 0 amide bonds. The summed E-state index contributed by atoms with van der Waals surface area (Å²) in [6.07, 6.45) is 11.2. The Kier molecular flexibility index (Phi) is 18.9. The molecule has 0 fully saturated rings. The fraction of sp³-hybridized carbons (Fsp3) is 0.0676. The molecule has 0 spiro atoms. The number of carbonyl (C=O) groups is 5. The molecule has 488 valence electrons. The zero-order chi connectivity index (χ0) is 69.5. The maximum atomic E-state index is 12.5. The summed E-state index contributed by atoms with van der Waals surface area (Å²) in [6, 6.07) is 51.8. The topological polar surface area (TPSA) is 288 Å². The number of alkyl halides is 3. The van der Waals surface area contributed by atoms with Gasteiger partial charge in [-0.15, -0.1) is 0 Å². The molecule has 5 aromatic carbocycles. The Hall–Kier alpha value is -13.4. The van der Waals surface area contributed by atoms with E-state index in [0.717, 1.165) is 96.0 Å². The predicted molar refractivity (Wildman–Crippen MR) is 362 cm³/mol. The third kappa shape index (κ3) is 14.8. The second-order valence-corrected chi connectivity index (χ2v) is 22.2. The first-order valence-corrected chi connectivity index (χ1v) is 29.8. The number of carboxylic acids is 5. The summed E-state index contributed by atoms with van der Waals surface area (Å²) < 4.78 is 46.9. The van der Waals surface area contributed by atoms with Crippen LogP contribution in [0.4, 0.5) is 13.2 Å². The van der Waals surface area contributed by atoms with Crippen molar-refractivity contribution in [3.8, 4) is 29.0 Å². The molecule has 0 atom stereocenters. The normalized spacial score (nSPS) is 11.0. The highest BCUT2D eigenvalue weighted by Gasteiger charge is 2.32. The third-order valence-corrected chi connectivity index (χ3v) is 15.4. The average molecular weight is 1320 g/mol. The van der Waals surface area contributed by atoms with E-state index in [1.165, 1.54) is 18.2 Å². The number of aromatic nitrogens is 11. The first kappa shape index (κ1) is 66.1. The van der Waals surface area contributed by atoms with Crippen LogP contribution in [0.3, 0.4) is 0 Å². The minimum Gasteiger partial charge on any atom is -0.478 e. The number of aromatic carboxylic acids is 5. The Morgan fingerprint density at radius 2 is 0.755 bits per heavy atom. The van der Waals surface area contributed by atoms with Gasteiger partial charge >= 0.3 is 36.0 Å². The first-order chi connectivity index (χ1) is 47.0.